The Hall–Kier alpha value is -2.54. The number of pyridine rings is 1. The second kappa shape index (κ2) is 6.64. The first-order valence-electron chi connectivity index (χ1n) is 8.50. The van der Waals surface area contributed by atoms with E-state index in [9.17, 15) is 0 Å². The van der Waals surface area contributed by atoms with Crippen molar-refractivity contribution in [3.05, 3.63) is 126 Å². The standard InChI is InChI=1S/C24H16N.Ir/c1-3-10-18(11-4-1)24(19-12-5-2-6-13-19)21-15-8-7-14-20(21)23-22(24)16-9-17-25-23;/h1-13,15-17H;/q-1;. The number of benzene rings is 3. The Bertz CT molecular complexity index is 955. The van der Waals surface area contributed by atoms with Gasteiger partial charge in [0, 0.05) is 31.7 Å². The second-order valence-corrected chi connectivity index (χ2v) is 6.34. The van der Waals surface area contributed by atoms with Gasteiger partial charge < -0.3 is 4.98 Å². The van der Waals surface area contributed by atoms with Gasteiger partial charge >= 0.3 is 0 Å². The summed E-state index contributed by atoms with van der Waals surface area (Å²) in [6.45, 7) is 0. The van der Waals surface area contributed by atoms with Gasteiger partial charge in [-0.2, -0.15) is 0 Å². The Morgan fingerprint density at radius 1 is 0.654 bits per heavy atom. The summed E-state index contributed by atoms with van der Waals surface area (Å²) < 4.78 is 0. The third-order valence-corrected chi connectivity index (χ3v) is 5.12. The molecule has 127 valence electrons. The van der Waals surface area contributed by atoms with Gasteiger partial charge in [0.2, 0.25) is 0 Å². The summed E-state index contributed by atoms with van der Waals surface area (Å²) in [6, 6.07) is 35.4. The van der Waals surface area contributed by atoms with Crippen molar-refractivity contribution >= 4 is 0 Å². The van der Waals surface area contributed by atoms with E-state index < -0.39 is 0 Å². The maximum absolute atomic E-state index is 4.72. The molecule has 0 atom stereocenters. The topological polar surface area (TPSA) is 12.9 Å². The van der Waals surface area contributed by atoms with E-state index in [1.54, 1.807) is 0 Å². The first-order valence-corrected chi connectivity index (χ1v) is 8.50. The summed E-state index contributed by atoms with van der Waals surface area (Å²) in [5.74, 6) is 0. The number of rotatable bonds is 2. The normalized spacial score (nSPS) is 13.4. The average molecular weight is 511 g/mol. The summed E-state index contributed by atoms with van der Waals surface area (Å²) in [7, 11) is 0. The minimum Gasteiger partial charge on any atom is -0.304 e. The second-order valence-electron chi connectivity index (χ2n) is 6.34. The molecule has 0 N–H and O–H groups in total. The number of nitrogens with zero attached hydrogens (tertiary/aromatic N) is 1. The van der Waals surface area contributed by atoms with Gasteiger partial charge in [0.25, 0.3) is 0 Å². The quantitative estimate of drug-likeness (QED) is 0.296. The van der Waals surface area contributed by atoms with Crippen LogP contribution in [-0.2, 0) is 25.5 Å². The molecule has 4 aromatic rings. The van der Waals surface area contributed by atoms with Gasteiger partial charge in [-0.25, -0.2) is 0 Å². The number of fused-ring (bicyclic) bond motifs is 3. The summed E-state index contributed by atoms with van der Waals surface area (Å²) in [5.41, 5.74) is 6.78. The third kappa shape index (κ3) is 2.23. The molecular formula is C24H16IrN-. The fraction of sp³-hybridized carbons (Fsp3) is 0.0417. The molecule has 0 bridgehead atoms. The molecule has 0 amide bonds. The van der Waals surface area contributed by atoms with Crippen LogP contribution in [0.15, 0.2) is 97.2 Å². The van der Waals surface area contributed by atoms with Crippen LogP contribution in [-0.4, -0.2) is 4.98 Å². The Morgan fingerprint density at radius 2 is 1.27 bits per heavy atom. The predicted octanol–water partition coefficient (Wildman–Crippen LogP) is 5.24. The van der Waals surface area contributed by atoms with Crippen molar-refractivity contribution in [2.24, 2.45) is 0 Å². The van der Waals surface area contributed by atoms with Crippen LogP contribution in [0.3, 0.4) is 0 Å². The molecule has 1 aliphatic carbocycles. The molecule has 0 unspecified atom stereocenters. The fourth-order valence-electron chi connectivity index (χ4n) is 4.16. The fourth-order valence-corrected chi connectivity index (χ4v) is 4.16. The van der Waals surface area contributed by atoms with Crippen LogP contribution in [0.4, 0.5) is 0 Å². The van der Waals surface area contributed by atoms with Gasteiger partial charge in [-0.1, -0.05) is 72.3 Å². The molecule has 0 spiro atoms. The minimum absolute atomic E-state index is 0. The van der Waals surface area contributed by atoms with Crippen molar-refractivity contribution in [3.63, 3.8) is 0 Å². The SMILES string of the molecule is [Ir].[c-]1cccc2c1-c1ncccc1C2(c1ccccc1)c1ccccc1. The van der Waals surface area contributed by atoms with Crippen LogP contribution in [0, 0.1) is 6.07 Å². The van der Waals surface area contributed by atoms with Crippen molar-refractivity contribution < 1.29 is 20.1 Å². The number of hydrogen-bond acceptors (Lipinski definition) is 1. The largest absolute Gasteiger partial charge is 0.304 e. The predicted molar refractivity (Wildman–Crippen MR) is 100 cm³/mol. The van der Waals surface area contributed by atoms with Gasteiger partial charge in [-0.05, 0) is 22.9 Å². The van der Waals surface area contributed by atoms with Crippen LogP contribution >= 0.6 is 0 Å². The molecule has 1 radical (unpaired) electrons. The Labute approximate surface area is 167 Å². The van der Waals surface area contributed by atoms with Crippen molar-refractivity contribution in [2.75, 3.05) is 0 Å². The third-order valence-electron chi connectivity index (χ3n) is 5.12. The molecule has 1 aliphatic rings. The zero-order valence-electron chi connectivity index (χ0n) is 14.0. The smallest absolute Gasteiger partial charge is 0.0301 e. The van der Waals surface area contributed by atoms with E-state index in [2.05, 4.69) is 84.9 Å². The summed E-state index contributed by atoms with van der Waals surface area (Å²) in [5, 5.41) is 0. The van der Waals surface area contributed by atoms with Gasteiger partial charge in [-0.15, -0.1) is 35.4 Å². The van der Waals surface area contributed by atoms with E-state index in [0.717, 1.165) is 11.3 Å². The Balaban J connectivity index is 0.00000168. The molecule has 3 aromatic carbocycles. The van der Waals surface area contributed by atoms with Crippen molar-refractivity contribution in [1.29, 1.82) is 0 Å². The van der Waals surface area contributed by atoms with E-state index in [-0.39, 0.29) is 25.5 Å². The molecule has 0 saturated carbocycles. The molecular weight excluding hydrogens is 494 g/mol. The zero-order chi connectivity index (χ0) is 16.7. The molecule has 0 aliphatic heterocycles. The summed E-state index contributed by atoms with van der Waals surface area (Å²) >= 11 is 0. The summed E-state index contributed by atoms with van der Waals surface area (Å²) in [6.07, 6.45) is 1.87. The Kier molecular flexibility index (Phi) is 4.32. The molecule has 1 heterocycles. The monoisotopic (exact) mass is 511 g/mol. The molecule has 1 aromatic heterocycles. The van der Waals surface area contributed by atoms with E-state index in [4.69, 9.17) is 4.98 Å². The minimum atomic E-state index is -0.348. The van der Waals surface area contributed by atoms with Gasteiger partial charge in [-0.3, -0.25) is 0 Å². The van der Waals surface area contributed by atoms with Gasteiger partial charge in [0.15, 0.2) is 0 Å². The van der Waals surface area contributed by atoms with Crippen LogP contribution in [0.5, 0.6) is 0 Å². The van der Waals surface area contributed by atoms with Crippen molar-refractivity contribution in [3.8, 4) is 11.3 Å². The zero-order valence-corrected chi connectivity index (χ0v) is 16.4. The van der Waals surface area contributed by atoms with E-state index in [0.29, 0.717) is 0 Å². The van der Waals surface area contributed by atoms with Crippen LogP contribution in [0.1, 0.15) is 22.3 Å². The van der Waals surface area contributed by atoms with Crippen molar-refractivity contribution in [1.82, 2.24) is 4.98 Å². The first-order chi connectivity index (χ1) is 12.4. The van der Waals surface area contributed by atoms with E-state index in [1.807, 2.05) is 18.3 Å². The van der Waals surface area contributed by atoms with E-state index in [1.165, 1.54) is 22.3 Å². The molecule has 2 heteroatoms. The van der Waals surface area contributed by atoms with Crippen LogP contribution < -0.4 is 0 Å². The average Bonchev–Trinajstić information content (AvgIpc) is 3.01. The maximum Gasteiger partial charge on any atom is 0.0301 e. The Morgan fingerprint density at radius 3 is 1.92 bits per heavy atom. The van der Waals surface area contributed by atoms with Crippen LogP contribution in [0.2, 0.25) is 0 Å². The number of aromatic nitrogens is 1. The van der Waals surface area contributed by atoms with Crippen molar-refractivity contribution in [2.45, 2.75) is 5.41 Å². The van der Waals surface area contributed by atoms with E-state index >= 15 is 0 Å². The number of hydrogen-bond donors (Lipinski definition) is 0. The van der Waals surface area contributed by atoms with Gasteiger partial charge in [0.1, 0.15) is 0 Å². The van der Waals surface area contributed by atoms with Crippen LogP contribution in [0.25, 0.3) is 11.3 Å². The molecule has 26 heavy (non-hydrogen) atoms. The maximum atomic E-state index is 4.72. The summed E-state index contributed by atoms with van der Waals surface area (Å²) in [4.78, 5) is 4.72. The molecule has 5 rings (SSSR count). The first kappa shape index (κ1) is 16.9. The molecule has 1 nitrogen and oxygen atoms in total. The molecule has 0 fully saturated rings. The molecule has 0 saturated heterocycles. The van der Waals surface area contributed by atoms with Gasteiger partial charge in [0.05, 0.1) is 0 Å².